The number of rotatable bonds is 9. The minimum atomic E-state index is -0.684. The maximum absolute atomic E-state index is 13.1. The molecule has 7 heteroatoms. The van der Waals surface area contributed by atoms with E-state index in [1.165, 1.54) is 0 Å². The molecule has 6 nitrogen and oxygen atoms in total. The third-order valence-corrected chi connectivity index (χ3v) is 5.97. The third-order valence-electron chi connectivity index (χ3n) is 5.72. The maximum Gasteiger partial charge on any atom is 0.295 e. The lowest BCUT2D eigenvalue weighted by Gasteiger charge is -2.28. The lowest BCUT2D eigenvalue weighted by Crippen LogP contribution is -2.38. The average molecular weight is 457 g/mol. The van der Waals surface area contributed by atoms with Crippen LogP contribution in [0.25, 0.3) is 5.76 Å². The van der Waals surface area contributed by atoms with E-state index < -0.39 is 17.7 Å². The number of carbonyl (C=O) groups is 2. The molecule has 170 valence electrons. The van der Waals surface area contributed by atoms with Crippen molar-refractivity contribution >= 4 is 29.1 Å². The van der Waals surface area contributed by atoms with Gasteiger partial charge < -0.3 is 19.6 Å². The zero-order valence-corrected chi connectivity index (χ0v) is 19.4. The van der Waals surface area contributed by atoms with Crippen molar-refractivity contribution in [1.82, 2.24) is 9.80 Å². The SMILES string of the molecule is CCOc1ccc([C@@H]2C(=C(O)c3ccc(Cl)cc3)C(=O)C(=O)N2CCN(CC)CC)cc1. The highest BCUT2D eigenvalue weighted by atomic mass is 35.5. The van der Waals surface area contributed by atoms with Crippen LogP contribution >= 0.6 is 11.6 Å². The standard InChI is InChI=1S/C25H29ClN2O4/c1-4-27(5-2)15-16-28-22(17-9-13-20(14-10-17)32-6-3)21(24(30)25(28)31)23(29)18-7-11-19(26)12-8-18/h7-14,22,29H,4-6,15-16H2,1-3H3/t22-/m1/s1. The van der Waals surface area contributed by atoms with Crippen LogP contribution in [-0.2, 0) is 9.59 Å². The van der Waals surface area contributed by atoms with Crippen LogP contribution in [0, 0.1) is 0 Å². The minimum Gasteiger partial charge on any atom is -0.507 e. The summed E-state index contributed by atoms with van der Waals surface area (Å²) in [6.07, 6.45) is 0. The summed E-state index contributed by atoms with van der Waals surface area (Å²) >= 11 is 5.97. The molecule has 1 heterocycles. The van der Waals surface area contributed by atoms with Gasteiger partial charge in [-0.25, -0.2) is 0 Å². The lowest BCUT2D eigenvalue weighted by atomic mass is 9.95. The fourth-order valence-electron chi connectivity index (χ4n) is 3.92. The second-order valence-electron chi connectivity index (χ2n) is 7.53. The lowest BCUT2D eigenvalue weighted by molar-refractivity contribution is -0.140. The van der Waals surface area contributed by atoms with Crippen molar-refractivity contribution in [2.75, 3.05) is 32.8 Å². The Morgan fingerprint density at radius 1 is 1.03 bits per heavy atom. The van der Waals surface area contributed by atoms with Gasteiger partial charge in [0.1, 0.15) is 11.5 Å². The smallest absolute Gasteiger partial charge is 0.295 e. The van der Waals surface area contributed by atoms with Crippen molar-refractivity contribution in [2.45, 2.75) is 26.8 Å². The molecule has 1 atom stereocenters. The Balaban J connectivity index is 2.06. The highest BCUT2D eigenvalue weighted by Gasteiger charge is 2.45. The van der Waals surface area contributed by atoms with Gasteiger partial charge in [0, 0.05) is 23.7 Å². The number of amides is 1. The number of hydrogen-bond acceptors (Lipinski definition) is 5. The minimum absolute atomic E-state index is 0.0843. The van der Waals surface area contributed by atoms with Crippen LogP contribution < -0.4 is 4.74 Å². The Morgan fingerprint density at radius 3 is 2.22 bits per heavy atom. The summed E-state index contributed by atoms with van der Waals surface area (Å²) in [5.41, 5.74) is 1.26. The highest BCUT2D eigenvalue weighted by molar-refractivity contribution is 6.46. The molecule has 0 unspecified atom stereocenters. The molecule has 2 aromatic rings. The number of carbonyl (C=O) groups excluding carboxylic acids is 2. The van der Waals surface area contributed by atoms with E-state index in [9.17, 15) is 14.7 Å². The van der Waals surface area contributed by atoms with Crippen molar-refractivity contribution in [2.24, 2.45) is 0 Å². The summed E-state index contributed by atoms with van der Waals surface area (Å²) in [6, 6.07) is 13.2. The molecule has 1 saturated heterocycles. The molecular weight excluding hydrogens is 428 g/mol. The largest absolute Gasteiger partial charge is 0.507 e. The average Bonchev–Trinajstić information content (AvgIpc) is 3.05. The first kappa shape index (κ1) is 23.8. The molecule has 1 amide bonds. The number of benzene rings is 2. The monoisotopic (exact) mass is 456 g/mol. The van der Waals surface area contributed by atoms with E-state index in [-0.39, 0.29) is 11.3 Å². The van der Waals surface area contributed by atoms with E-state index in [2.05, 4.69) is 18.7 Å². The number of aliphatic hydroxyl groups is 1. The maximum atomic E-state index is 13.1. The Bertz CT molecular complexity index is 982. The highest BCUT2D eigenvalue weighted by Crippen LogP contribution is 2.39. The molecule has 1 aliphatic rings. The Kier molecular flexibility index (Phi) is 7.94. The number of halogens is 1. The number of likely N-dealkylation sites (tertiary alicyclic amines) is 1. The van der Waals surface area contributed by atoms with Crippen LogP contribution in [0.3, 0.4) is 0 Å². The summed E-state index contributed by atoms with van der Waals surface area (Å²) in [6.45, 7) is 9.26. The van der Waals surface area contributed by atoms with E-state index in [1.807, 2.05) is 31.2 Å². The van der Waals surface area contributed by atoms with Gasteiger partial charge in [-0.2, -0.15) is 0 Å². The first-order chi connectivity index (χ1) is 15.4. The van der Waals surface area contributed by atoms with Crippen LogP contribution in [0.2, 0.25) is 5.02 Å². The first-order valence-electron chi connectivity index (χ1n) is 10.9. The molecule has 1 aliphatic heterocycles. The molecule has 0 radical (unpaired) electrons. The van der Waals surface area contributed by atoms with Gasteiger partial charge in [0.15, 0.2) is 0 Å². The van der Waals surface area contributed by atoms with E-state index in [4.69, 9.17) is 16.3 Å². The molecule has 1 fully saturated rings. The van der Waals surface area contributed by atoms with Crippen LogP contribution in [0.1, 0.15) is 37.9 Å². The fraction of sp³-hybridized carbons (Fsp3) is 0.360. The molecule has 0 saturated carbocycles. The fourth-order valence-corrected chi connectivity index (χ4v) is 4.05. The molecule has 0 aliphatic carbocycles. The third kappa shape index (κ3) is 4.97. The zero-order valence-electron chi connectivity index (χ0n) is 18.7. The van der Waals surface area contributed by atoms with Crippen molar-refractivity contribution in [3.63, 3.8) is 0 Å². The van der Waals surface area contributed by atoms with Gasteiger partial charge in [0.25, 0.3) is 11.7 Å². The molecule has 2 aromatic carbocycles. The van der Waals surface area contributed by atoms with Gasteiger partial charge in [-0.3, -0.25) is 9.59 Å². The van der Waals surface area contributed by atoms with Crippen LogP contribution in [-0.4, -0.2) is 59.4 Å². The topological polar surface area (TPSA) is 70.1 Å². The number of aliphatic hydroxyl groups excluding tert-OH is 1. The van der Waals surface area contributed by atoms with Crippen molar-refractivity contribution in [1.29, 1.82) is 0 Å². The van der Waals surface area contributed by atoms with E-state index in [0.717, 1.165) is 18.7 Å². The molecule has 0 aromatic heterocycles. The van der Waals surface area contributed by atoms with E-state index >= 15 is 0 Å². The Hall–Kier alpha value is -2.83. The van der Waals surface area contributed by atoms with Gasteiger partial charge in [-0.15, -0.1) is 0 Å². The van der Waals surface area contributed by atoms with Crippen LogP contribution in [0.5, 0.6) is 5.75 Å². The second-order valence-corrected chi connectivity index (χ2v) is 7.96. The van der Waals surface area contributed by atoms with Crippen molar-refractivity contribution in [3.05, 3.63) is 70.3 Å². The zero-order chi connectivity index (χ0) is 23.3. The number of nitrogens with zero attached hydrogens (tertiary/aromatic N) is 2. The second kappa shape index (κ2) is 10.7. The summed E-state index contributed by atoms with van der Waals surface area (Å²) in [4.78, 5) is 29.8. The predicted octanol–water partition coefficient (Wildman–Crippen LogP) is 4.50. The van der Waals surface area contributed by atoms with E-state index in [0.29, 0.717) is 36.0 Å². The molecule has 3 rings (SSSR count). The molecule has 0 bridgehead atoms. The summed E-state index contributed by atoms with van der Waals surface area (Å²) in [7, 11) is 0. The molecule has 32 heavy (non-hydrogen) atoms. The van der Waals surface area contributed by atoms with Gasteiger partial charge >= 0.3 is 0 Å². The van der Waals surface area contributed by atoms with Gasteiger partial charge in [0.05, 0.1) is 18.2 Å². The van der Waals surface area contributed by atoms with Gasteiger partial charge in [-0.05, 0) is 62.0 Å². The molecular formula is C25H29ClN2O4. The van der Waals surface area contributed by atoms with Crippen molar-refractivity contribution in [3.8, 4) is 5.75 Å². The first-order valence-corrected chi connectivity index (χ1v) is 11.3. The van der Waals surface area contributed by atoms with Crippen molar-refractivity contribution < 1.29 is 19.4 Å². The molecule has 1 N–H and O–H groups in total. The summed E-state index contributed by atoms with van der Waals surface area (Å²) in [5, 5.41) is 11.6. The number of Topliss-reactive ketones (excluding diaryl/α,β-unsaturated/α-hetero) is 1. The summed E-state index contributed by atoms with van der Waals surface area (Å²) in [5.74, 6) is -0.791. The number of ether oxygens (including phenoxy) is 1. The number of hydrogen-bond donors (Lipinski definition) is 1. The Morgan fingerprint density at radius 2 is 1.66 bits per heavy atom. The normalized spacial score (nSPS) is 17.9. The number of likely N-dealkylation sites (N-methyl/N-ethyl adjacent to an activating group) is 1. The Labute approximate surface area is 194 Å². The van der Waals surface area contributed by atoms with Gasteiger partial charge in [0.2, 0.25) is 0 Å². The predicted molar refractivity (Wildman–Crippen MR) is 126 cm³/mol. The van der Waals surface area contributed by atoms with E-state index in [1.54, 1.807) is 29.2 Å². The van der Waals surface area contributed by atoms with Gasteiger partial charge in [-0.1, -0.05) is 37.6 Å². The number of ketones is 1. The quantitative estimate of drug-likeness (QED) is 0.341. The summed E-state index contributed by atoms with van der Waals surface area (Å²) < 4.78 is 5.53. The van der Waals surface area contributed by atoms with Crippen LogP contribution in [0.15, 0.2) is 54.1 Å². The van der Waals surface area contributed by atoms with Crippen LogP contribution in [0.4, 0.5) is 0 Å². The molecule has 0 spiro atoms.